The third-order valence-corrected chi connectivity index (χ3v) is 6.22. The fourth-order valence-electron chi connectivity index (χ4n) is 4.71. The highest BCUT2D eigenvalue weighted by Gasteiger charge is 2.44. The molecule has 0 saturated heterocycles. The fraction of sp³-hybridized carbons (Fsp3) is 0.276. The highest BCUT2D eigenvalue weighted by atomic mass is 16.6. The van der Waals surface area contributed by atoms with Gasteiger partial charge >= 0.3 is 0 Å². The quantitative estimate of drug-likeness (QED) is 0.195. The smallest absolute Gasteiger partial charge is 0.132 e. The summed E-state index contributed by atoms with van der Waals surface area (Å²) < 4.78 is 0. The van der Waals surface area contributed by atoms with Gasteiger partial charge in [0.15, 0.2) is 0 Å². The molecule has 1 aliphatic rings. The number of oxime groups is 1. The molecule has 0 aromatic heterocycles. The minimum atomic E-state index is -0.457. The molecule has 31 heavy (non-hydrogen) atoms. The summed E-state index contributed by atoms with van der Waals surface area (Å²) in [6.07, 6.45) is 8.70. The number of hydrogen-bond donors (Lipinski definition) is 0. The highest BCUT2D eigenvalue weighted by Crippen LogP contribution is 2.43. The van der Waals surface area contributed by atoms with Crippen LogP contribution in [-0.2, 0) is 10.3 Å². The van der Waals surface area contributed by atoms with Crippen molar-refractivity contribution in [2.24, 2.45) is 5.16 Å². The second-order valence-corrected chi connectivity index (χ2v) is 8.24. The fourth-order valence-corrected chi connectivity index (χ4v) is 4.71. The Bertz CT molecular complexity index is 882. The Morgan fingerprint density at radius 2 is 1.29 bits per heavy atom. The summed E-state index contributed by atoms with van der Waals surface area (Å²) in [4.78, 5) is 6.01. The zero-order valence-corrected chi connectivity index (χ0v) is 18.1. The van der Waals surface area contributed by atoms with E-state index in [1.54, 1.807) is 0 Å². The maximum Gasteiger partial charge on any atom is 0.132 e. The van der Waals surface area contributed by atoms with E-state index in [4.69, 9.17) is 9.99 Å². The van der Waals surface area contributed by atoms with Gasteiger partial charge in [0, 0.05) is 6.42 Å². The molecular formula is C29H31NO. The zero-order valence-electron chi connectivity index (χ0n) is 18.1. The second-order valence-electron chi connectivity index (χ2n) is 8.24. The average Bonchev–Trinajstić information content (AvgIpc) is 3.31. The topological polar surface area (TPSA) is 21.6 Å². The van der Waals surface area contributed by atoms with Crippen molar-refractivity contribution >= 4 is 5.71 Å². The van der Waals surface area contributed by atoms with Gasteiger partial charge in [-0.3, -0.25) is 0 Å². The molecule has 1 atom stereocenters. The van der Waals surface area contributed by atoms with Crippen molar-refractivity contribution in [2.45, 2.75) is 50.0 Å². The molecule has 3 aromatic rings. The molecule has 3 aromatic carbocycles. The summed E-state index contributed by atoms with van der Waals surface area (Å²) in [5.74, 6) is 0. The average molecular weight is 410 g/mol. The van der Waals surface area contributed by atoms with Gasteiger partial charge in [0.1, 0.15) is 6.10 Å². The van der Waals surface area contributed by atoms with E-state index >= 15 is 0 Å². The molecule has 0 spiro atoms. The van der Waals surface area contributed by atoms with Gasteiger partial charge in [0.25, 0.3) is 0 Å². The lowest BCUT2D eigenvalue weighted by Crippen LogP contribution is -2.38. The van der Waals surface area contributed by atoms with Crippen molar-refractivity contribution in [3.8, 4) is 0 Å². The van der Waals surface area contributed by atoms with Gasteiger partial charge in [-0.15, -0.1) is 6.58 Å². The maximum absolute atomic E-state index is 6.01. The molecule has 0 amide bonds. The van der Waals surface area contributed by atoms with Gasteiger partial charge in [0.05, 0.1) is 11.1 Å². The Morgan fingerprint density at radius 3 is 1.77 bits per heavy atom. The van der Waals surface area contributed by atoms with Gasteiger partial charge in [-0.2, -0.15) is 0 Å². The molecule has 1 heterocycles. The number of rotatable bonds is 10. The van der Waals surface area contributed by atoms with Crippen molar-refractivity contribution < 1.29 is 4.84 Å². The van der Waals surface area contributed by atoms with E-state index in [-0.39, 0.29) is 6.10 Å². The van der Waals surface area contributed by atoms with E-state index in [1.165, 1.54) is 29.5 Å². The van der Waals surface area contributed by atoms with E-state index in [1.807, 2.05) is 6.08 Å². The highest BCUT2D eigenvalue weighted by molar-refractivity contribution is 6.02. The van der Waals surface area contributed by atoms with E-state index in [0.29, 0.717) is 0 Å². The lowest BCUT2D eigenvalue weighted by molar-refractivity contribution is 0.0770. The molecule has 0 fully saturated rings. The minimum absolute atomic E-state index is 0.147. The molecule has 0 aliphatic carbocycles. The van der Waals surface area contributed by atoms with Crippen LogP contribution in [0.15, 0.2) is 109 Å². The predicted octanol–water partition coefficient (Wildman–Crippen LogP) is 7.30. The van der Waals surface area contributed by atoms with E-state index in [2.05, 4.69) is 97.6 Å². The largest absolute Gasteiger partial charge is 0.392 e. The molecule has 1 aliphatic heterocycles. The van der Waals surface area contributed by atoms with Crippen LogP contribution in [0.2, 0.25) is 0 Å². The van der Waals surface area contributed by atoms with Crippen LogP contribution in [0.5, 0.6) is 0 Å². The van der Waals surface area contributed by atoms with E-state index < -0.39 is 5.41 Å². The Labute approximate surface area is 186 Å². The molecule has 4 rings (SSSR count). The van der Waals surface area contributed by atoms with Crippen LogP contribution in [0.3, 0.4) is 0 Å². The third kappa shape index (κ3) is 4.49. The molecule has 0 saturated carbocycles. The first-order valence-electron chi connectivity index (χ1n) is 11.4. The molecular weight excluding hydrogens is 378 g/mol. The standard InChI is InChI=1S/C29H31NO/c1-2-3-4-5-15-22-27-23-28(30-31-27)29(24-16-9-6-10-17-24,25-18-11-7-12-19-25)26-20-13-8-14-21-26/h2,6-14,16-21,27H,1,3-5,15,22-23H2. The van der Waals surface area contributed by atoms with Crippen LogP contribution >= 0.6 is 0 Å². The normalized spacial score (nSPS) is 15.9. The molecule has 1 unspecified atom stereocenters. The van der Waals surface area contributed by atoms with Crippen molar-refractivity contribution in [1.82, 2.24) is 0 Å². The number of allylic oxidation sites excluding steroid dienone is 1. The van der Waals surface area contributed by atoms with E-state index in [0.717, 1.165) is 31.4 Å². The molecule has 2 nitrogen and oxygen atoms in total. The Balaban J connectivity index is 1.71. The Hall–Kier alpha value is -3.13. The minimum Gasteiger partial charge on any atom is -0.392 e. The van der Waals surface area contributed by atoms with Gasteiger partial charge in [-0.1, -0.05) is 109 Å². The first-order chi connectivity index (χ1) is 15.4. The van der Waals surface area contributed by atoms with Gasteiger partial charge < -0.3 is 4.84 Å². The third-order valence-electron chi connectivity index (χ3n) is 6.22. The van der Waals surface area contributed by atoms with Crippen LogP contribution in [-0.4, -0.2) is 11.8 Å². The van der Waals surface area contributed by atoms with Crippen molar-refractivity contribution in [2.75, 3.05) is 0 Å². The van der Waals surface area contributed by atoms with Crippen LogP contribution in [0.25, 0.3) is 0 Å². The number of nitrogens with zero attached hydrogens (tertiary/aromatic N) is 1. The van der Waals surface area contributed by atoms with Gasteiger partial charge in [-0.25, -0.2) is 0 Å². The lowest BCUT2D eigenvalue weighted by Gasteiger charge is -2.35. The number of unbranched alkanes of at least 4 members (excludes halogenated alkanes) is 3. The van der Waals surface area contributed by atoms with Crippen molar-refractivity contribution in [1.29, 1.82) is 0 Å². The summed E-state index contributed by atoms with van der Waals surface area (Å²) in [5.41, 5.74) is 4.30. The molecule has 0 bridgehead atoms. The summed E-state index contributed by atoms with van der Waals surface area (Å²) in [7, 11) is 0. The predicted molar refractivity (Wildman–Crippen MR) is 129 cm³/mol. The molecule has 2 heteroatoms. The molecule has 0 radical (unpaired) electrons. The summed E-state index contributed by atoms with van der Waals surface area (Å²) in [6, 6.07) is 32.2. The summed E-state index contributed by atoms with van der Waals surface area (Å²) in [6.45, 7) is 3.82. The lowest BCUT2D eigenvalue weighted by atomic mass is 9.65. The van der Waals surface area contributed by atoms with Crippen LogP contribution in [0.4, 0.5) is 0 Å². The van der Waals surface area contributed by atoms with Gasteiger partial charge in [0.2, 0.25) is 0 Å². The summed E-state index contributed by atoms with van der Waals surface area (Å²) >= 11 is 0. The van der Waals surface area contributed by atoms with Crippen LogP contribution in [0.1, 0.15) is 55.2 Å². The first-order valence-corrected chi connectivity index (χ1v) is 11.4. The molecule has 158 valence electrons. The van der Waals surface area contributed by atoms with Crippen LogP contribution in [0, 0.1) is 0 Å². The van der Waals surface area contributed by atoms with Gasteiger partial charge in [-0.05, 0) is 42.4 Å². The van der Waals surface area contributed by atoms with E-state index in [9.17, 15) is 0 Å². The van der Waals surface area contributed by atoms with Crippen molar-refractivity contribution in [3.05, 3.63) is 120 Å². The SMILES string of the molecule is C=CCCCCCC1CC(C(c2ccccc2)(c2ccccc2)c2ccccc2)=NO1. The Kier molecular flexibility index (Phi) is 6.99. The summed E-state index contributed by atoms with van der Waals surface area (Å²) in [5, 5.41) is 4.73. The Morgan fingerprint density at radius 1 is 0.774 bits per heavy atom. The van der Waals surface area contributed by atoms with Crippen LogP contribution < -0.4 is 0 Å². The molecule has 0 N–H and O–H groups in total. The maximum atomic E-state index is 6.01. The number of hydrogen-bond acceptors (Lipinski definition) is 2. The zero-order chi connectivity index (χ0) is 21.4. The van der Waals surface area contributed by atoms with Crippen molar-refractivity contribution in [3.63, 3.8) is 0 Å². The number of benzene rings is 3. The second kappa shape index (κ2) is 10.3. The first kappa shape index (κ1) is 21.1. The monoisotopic (exact) mass is 409 g/mol.